The summed E-state index contributed by atoms with van der Waals surface area (Å²) in [7, 11) is 0. The summed E-state index contributed by atoms with van der Waals surface area (Å²) in [6.45, 7) is 0. The van der Waals surface area contributed by atoms with E-state index in [1.807, 2.05) is 30.3 Å². The molecule has 0 bridgehead atoms. The molecular formula is C13H13BrN2O. The summed E-state index contributed by atoms with van der Waals surface area (Å²) in [6.07, 6.45) is 3.53. The van der Waals surface area contributed by atoms with Crippen LogP contribution in [0.1, 0.15) is 18.5 Å². The van der Waals surface area contributed by atoms with Gasteiger partial charge in [-0.3, -0.25) is 9.89 Å². The highest BCUT2D eigenvalue weighted by Crippen LogP contribution is 2.33. The number of hydrogen-bond acceptors (Lipinski definition) is 1. The molecule has 0 amide bonds. The van der Waals surface area contributed by atoms with Crippen molar-refractivity contribution in [1.82, 2.24) is 9.78 Å². The summed E-state index contributed by atoms with van der Waals surface area (Å²) in [6, 6.07) is 9.64. The number of nitrogens with one attached hydrogen (secondary N) is 1. The highest BCUT2D eigenvalue weighted by atomic mass is 79.9. The average molecular weight is 293 g/mol. The van der Waals surface area contributed by atoms with E-state index in [1.54, 1.807) is 4.68 Å². The van der Waals surface area contributed by atoms with Crippen molar-refractivity contribution in [3.8, 4) is 5.69 Å². The number of aromatic amines is 1. The van der Waals surface area contributed by atoms with Crippen LogP contribution in [0, 0.1) is 5.92 Å². The van der Waals surface area contributed by atoms with Crippen molar-refractivity contribution in [3.05, 3.63) is 50.9 Å². The Hall–Kier alpha value is -1.29. The molecule has 88 valence electrons. The standard InChI is InChI=1S/C13H13BrN2O/c14-12-11(8-9-6-7-9)15-16(13(12)17)10-4-2-1-3-5-10/h1-5,9,15H,6-8H2. The number of rotatable bonds is 3. The minimum absolute atomic E-state index is 0.00755. The molecule has 3 rings (SSSR count). The molecule has 1 fully saturated rings. The van der Waals surface area contributed by atoms with Gasteiger partial charge in [-0.15, -0.1) is 0 Å². The van der Waals surface area contributed by atoms with E-state index in [9.17, 15) is 4.79 Å². The van der Waals surface area contributed by atoms with Crippen molar-refractivity contribution >= 4 is 15.9 Å². The van der Waals surface area contributed by atoms with E-state index in [4.69, 9.17) is 0 Å². The zero-order valence-electron chi connectivity index (χ0n) is 9.32. The quantitative estimate of drug-likeness (QED) is 0.928. The Morgan fingerprint density at radius 1 is 1.29 bits per heavy atom. The van der Waals surface area contributed by atoms with Gasteiger partial charge in [0.15, 0.2) is 0 Å². The molecule has 1 aromatic carbocycles. The van der Waals surface area contributed by atoms with Crippen LogP contribution in [-0.2, 0) is 6.42 Å². The van der Waals surface area contributed by atoms with Crippen LogP contribution < -0.4 is 5.56 Å². The fourth-order valence-corrected chi connectivity index (χ4v) is 2.39. The van der Waals surface area contributed by atoms with Crippen LogP contribution in [0.5, 0.6) is 0 Å². The first-order valence-corrected chi connectivity index (χ1v) is 6.60. The molecule has 17 heavy (non-hydrogen) atoms. The van der Waals surface area contributed by atoms with Gasteiger partial charge in [0, 0.05) is 0 Å². The Bertz CT molecular complexity index is 581. The van der Waals surface area contributed by atoms with Gasteiger partial charge in [-0.2, -0.15) is 0 Å². The van der Waals surface area contributed by atoms with E-state index in [0.717, 1.165) is 23.7 Å². The Kier molecular flexibility index (Phi) is 2.67. The Labute approximate surface area is 108 Å². The molecule has 0 unspecified atom stereocenters. The second kappa shape index (κ2) is 4.18. The minimum Gasteiger partial charge on any atom is -0.294 e. The third-order valence-corrected chi connectivity index (χ3v) is 3.92. The van der Waals surface area contributed by atoms with E-state index in [1.165, 1.54) is 12.8 Å². The number of aromatic nitrogens is 2. The summed E-state index contributed by atoms with van der Waals surface area (Å²) >= 11 is 3.39. The van der Waals surface area contributed by atoms with Gasteiger partial charge >= 0.3 is 0 Å². The molecule has 2 aromatic rings. The molecule has 4 heteroatoms. The van der Waals surface area contributed by atoms with Gasteiger partial charge in [0.2, 0.25) is 0 Å². The van der Waals surface area contributed by atoms with Gasteiger partial charge in [0.1, 0.15) is 4.47 Å². The molecule has 0 aliphatic heterocycles. The average Bonchev–Trinajstić information content (AvgIpc) is 3.13. The normalized spacial score (nSPS) is 15.1. The summed E-state index contributed by atoms with van der Waals surface area (Å²) in [5.41, 5.74) is 1.88. The lowest BCUT2D eigenvalue weighted by Crippen LogP contribution is -2.14. The number of hydrogen-bond donors (Lipinski definition) is 1. The largest absolute Gasteiger partial charge is 0.294 e. The monoisotopic (exact) mass is 292 g/mol. The topological polar surface area (TPSA) is 37.8 Å². The van der Waals surface area contributed by atoms with Gasteiger partial charge in [0.05, 0.1) is 11.4 Å². The molecule has 0 spiro atoms. The maximum absolute atomic E-state index is 12.1. The molecule has 1 N–H and O–H groups in total. The lowest BCUT2D eigenvalue weighted by molar-refractivity contribution is 0.758. The van der Waals surface area contributed by atoms with Crippen molar-refractivity contribution in [1.29, 1.82) is 0 Å². The summed E-state index contributed by atoms with van der Waals surface area (Å²) in [4.78, 5) is 12.1. The first-order valence-electron chi connectivity index (χ1n) is 5.80. The van der Waals surface area contributed by atoms with E-state index in [0.29, 0.717) is 4.47 Å². The smallest absolute Gasteiger partial charge is 0.285 e. The van der Waals surface area contributed by atoms with Crippen molar-refractivity contribution in [2.75, 3.05) is 0 Å². The first-order chi connectivity index (χ1) is 8.25. The predicted octanol–water partition coefficient (Wildman–Crippen LogP) is 2.88. The lowest BCUT2D eigenvalue weighted by atomic mass is 10.2. The van der Waals surface area contributed by atoms with Crippen LogP contribution in [0.3, 0.4) is 0 Å². The summed E-state index contributed by atoms with van der Waals surface area (Å²) in [5.74, 6) is 0.758. The first kappa shape index (κ1) is 10.8. The SMILES string of the molecule is O=c1c(Br)c(CC2CC2)[nH]n1-c1ccccc1. The Balaban J connectivity index is 2.02. The van der Waals surface area contributed by atoms with Crippen molar-refractivity contribution in [2.24, 2.45) is 5.92 Å². The van der Waals surface area contributed by atoms with Crippen LogP contribution in [0.4, 0.5) is 0 Å². The lowest BCUT2D eigenvalue weighted by Gasteiger charge is -2.00. The summed E-state index contributed by atoms with van der Waals surface area (Å²) < 4.78 is 2.27. The van der Waals surface area contributed by atoms with Gasteiger partial charge in [-0.1, -0.05) is 18.2 Å². The molecular weight excluding hydrogens is 280 g/mol. The van der Waals surface area contributed by atoms with Gasteiger partial charge in [-0.05, 0) is 53.2 Å². The van der Waals surface area contributed by atoms with Crippen molar-refractivity contribution < 1.29 is 0 Å². The van der Waals surface area contributed by atoms with Gasteiger partial charge < -0.3 is 0 Å². The van der Waals surface area contributed by atoms with Crippen LogP contribution >= 0.6 is 15.9 Å². The number of H-pyrrole nitrogens is 1. The molecule has 1 saturated carbocycles. The van der Waals surface area contributed by atoms with E-state index < -0.39 is 0 Å². The van der Waals surface area contributed by atoms with Crippen LogP contribution in [0.2, 0.25) is 0 Å². The minimum atomic E-state index is -0.00755. The van der Waals surface area contributed by atoms with E-state index in [-0.39, 0.29) is 5.56 Å². The molecule has 1 aliphatic rings. The fraction of sp³-hybridized carbons (Fsp3) is 0.308. The van der Waals surface area contributed by atoms with Gasteiger partial charge in [0.25, 0.3) is 5.56 Å². The van der Waals surface area contributed by atoms with Crippen LogP contribution in [0.15, 0.2) is 39.6 Å². The second-order valence-electron chi connectivity index (χ2n) is 4.53. The third-order valence-electron chi connectivity index (χ3n) is 3.11. The van der Waals surface area contributed by atoms with Crippen molar-refractivity contribution in [2.45, 2.75) is 19.3 Å². The summed E-state index contributed by atoms with van der Waals surface area (Å²) in [5, 5.41) is 3.19. The Morgan fingerprint density at radius 2 is 2.00 bits per heavy atom. The molecule has 1 aliphatic carbocycles. The number of nitrogens with zero attached hydrogens (tertiary/aromatic N) is 1. The van der Waals surface area contributed by atoms with E-state index in [2.05, 4.69) is 21.0 Å². The highest BCUT2D eigenvalue weighted by Gasteiger charge is 2.24. The van der Waals surface area contributed by atoms with Crippen LogP contribution in [-0.4, -0.2) is 9.78 Å². The Morgan fingerprint density at radius 3 is 2.65 bits per heavy atom. The molecule has 1 heterocycles. The molecule has 0 radical (unpaired) electrons. The fourth-order valence-electron chi connectivity index (χ4n) is 1.97. The van der Waals surface area contributed by atoms with Gasteiger partial charge in [-0.25, -0.2) is 4.68 Å². The zero-order chi connectivity index (χ0) is 11.8. The molecule has 0 atom stereocenters. The number of halogens is 1. The second-order valence-corrected chi connectivity index (χ2v) is 5.32. The third kappa shape index (κ3) is 2.09. The van der Waals surface area contributed by atoms with Crippen LogP contribution in [0.25, 0.3) is 5.69 Å². The maximum atomic E-state index is 12.1. The molecule has 1 aromatic heterocycles. The molecule has 0 saturated heterocycles. The predicted molar refractivity (Wildman–Crippen MR) is 70.5 cm³/mol. The molecule has 3 nitrogen and oxygen atoms in total. The maximum Gasteiger partial charge on any atom is 0.285 e. The highest BCUT2D eigenvalue weighted by molar-refractivity contribution is 9.10. The number of para-hydroxylation sites is 1. The van der Waals surface area contributed by atoms with E-state index >= 15 is 0 Å². The van der Waals surface area contributed by atoms with Crippen molar-refractivity contribution in [3.63, 3.8) is 0 Å². The zero-order valence-corrected chi connectivity index (χ0v) is 10.9. The number of benzene rings is 1.